The van der Waals surface area contributed by atoms with E-state index < -0.39 is 17.7 Å². The molecule has 3 aromatic heterocycles. The van der Waals surface area contributed by atoms with Crippen molar-refractivity contribution in [1.29, 1.82) is 0 Å². The van der Waals surface area contributed by atoms with Crippen LogP contribution in [0.25, 0.3) is 11.4 Å². The zero-order chi connectivity index (χ0) is 30.8. The summed E-state index contributed by atoms with van der Waals surface area (Å²) in [5, 5.41) is 21.3. The molecular weight excluding hydrogens is 618 g/mol. The van der Waals surface area contributed by atoms with Gasteiger partial charge >= 0.3 is 5.91 Å². The second-order valence-corrected chi connectivity index (χ2v) is 12.8. The summed E-state index contributed by atoms with van der Waals surface area (Å²) in [6, 6.07) is 19.2. The number of Topliss-reactive ketones (excluding diaryl/α,β-unsaturated/α-hetero) is 1. The number of benzene rings is 2. The second kappa shape index (κ2) is 12.8. The summed E-state index contributed by atoms with van der Waals surface area (Å²) in [6.07, 6.45) is 3.69. The molecule has 0 radical (unpaired) electrons. The van der Waals surface area contributed by atoms with Gasteiger partial charge in [-0.05, 0) is 60.9 Å². The van der Waals surface area contributed by atoms with E-state index in [0.29, 0.717) is 50.1 Å². The van der Waals surface area contributed by atoms with Gasteiger partial charge in [0.2, 0.25) is 5.13 Å². The predicted molar refractivity (Wildman–Crippen MR) is 172 cm³/mol. The van der Waals surface area contributed by atoms with Crippen molar-refractivity contribution in [2.45, 2.75) is 42.8 Å². The molecule has 12 heteroatoms. The third-order valence-corrected chi connectivity index (χ3v) is 9.59. The minimum atomic E-state index is -0.949. The van der Waals surface area contributed by atoms with E-state index in [-0.39, 0.29) is 16.5 Å². The van der Waals surface area contributed by atoms with Crippen LogP contribution in [0, 0.1) is 6.92 Å². The highest BCUT2D eigenvalue weighted by Crippen LogP contribution is 2.44. The molecule has 0 spiro atoms. The number of carbonyl (C=O) groups excluding carboxylic acids is 2. The first kappa shape index (κ1) is 29.9. The number of nitrogens with zero attached hydrogens (tertiary/aromatic N) is 5. The Labute approximate surface area is 267 Å². The Morgan fingerprint density at radius 3 is 2.59 bits per heavy atom. The van der Waals surface area contributed by atoms with Crippen LogP contribution in [-0.2, 0) is 15.3 Å². The Morgan fingerprint density at radius 1 is 1.07 bits per heavy atom. The molecule has 0 aliphatic carbocycles. The lowest BCUT2D eigenvalue weighted by Crippen LogP contribution is -2.29. The van der Waals surface area contributed by atoms with Crippen LogP contribution < -0.4 is 9.64 Å². The van der Waals surface area contributed by atoms with Crippen molar-refractivity contribution in [3.8, 4) is 5.75 Å². The number of aliphatic hydroxyl groups is 1. The number of pyridine rings is 1. The number of thioether (sulfide) groups is 1. The molecule has 1 aliphatic heterocycles. The van der Waals surface area contributed by atoms with E-state index in [1.54, 1.807) is 41.8 Å². The van der Waals surface area contributed by atoms with Crippen molar-refractivity contribution < 1.29 is 19.4 Å². The number of imidazole rings is 1. The van der Waals surface area contributed by atoms with E-state index in [1.165, 1.54) is 28.0 Å². The normalized spacial score (nSPS) is 16.2. The summed E-state index contributed by atoms with van der Waals surface area (Å²) in [5.74, 6) is -0.616. The average molecular weight is 646 g/mol. The number of unbranched alkanes of at least 4 members (excludes halogenated alkanes) is 1. The molecule has 44 heavy (non-hydrogen) atoms. The average Bonchev–Trinajstić information content (AvgIpc) is 3.70. The number of aliphatic hydroxyl groups excluding tert-OH is 1. The standard InChI is InChI=1S/C32H28ClN5O4S2/c1-3-4-17-42-23-14-10-21(11-15-23)27-25(28(39)26-19(2)34-24-7-5-6-16-37(24)26)29(40)30(41)38(27)31-35-36-32(44-31)43-18-20-8-12-22(33)13-9-20/h5-16,27,39H,3-4,17-18H2,1-2H3/b28-25+. The Kier molecular flexibility index (Phi) is 8.69. The molecule has 1 aliphatic rings. The van der Waals surface area contributed by atoms with Crippen LogP contribution in [0.1, 0.15) is 48.3 Å². The number of anilines is 1. The van der Waals surface area contributed by atoms with Crippen LogP contribution in [0.4, 0.5) is 5.13 Å². The van der Waals surface area contributed by atoms with Gasteiger partial charge in [0.05, 0.1) is 23.9 Å². The number of carbonyl (C=O) groups is 2. The SMILES string of the molecule is CCCCOc1ccc(C2/C(=C(\O)c3c(C)nc4ccccn34)C(=O)C(=O)N2c2nnc(SCc3ccc(Cl)cc3)s2)cc1. The number of ether oxygens (including phenoxy) is 1. The molecule has 1 fully saturated rings. The van der Waals surface area contributed by atoms with E-state index in [2.05, 4.69) is 22.1 Å². The Balaban J connectivity index is 1.40. The summed E-state index contributed by atoms with van der Waals surface area (Å²) in [6.45, 7) is 4.43. The van der Waals surface area contributed by atoms with Gasteiger partial charge < -0.3 is 9.84 Å². The smallest absolute Gasteiger partial charge is 0.301 e. The lowest BCUT2D eigenvalue weighted by molar-refractivity contribution is -0.132. The molecule has 2 aromatic carbocycles. The number of rotatable bonds is 10. The fourth-order valence-corrected chi connectivity index (χ4v) is 6.99. The maximum Gasteiger partial charge on any atom is 0.301 e. The van der Waals surface area contributed by atoms with Crippen molar-refractivity contribution in [3.05, 3.63) is 106 Å². The third kappa shape index (κ3) is 5.82. The van der Waals surface area contributed by atoms with Gasteiger partial charge in [-0.25, -0.2) is 4.98 Å². The zero-order valence-corrected chi connectivity index (χ0v) is 26.3. The first-order valence-electron chi connectivity index (χ1n) is 14.0. The Hall–Kier alpha value is -4.19. The molecule has 1 atom stereocenters. The lowest BCUT2D eigenvalue weighted by Gasteiger charge is -2.22. The van der Waals surface area contributed by atoms with Gasteiger partial charge in [-0.15, -0.1) is 10.2 Å². The van der Waals surface area contributed by atoms with Gasteiger partial charge in [-0.1, -0.05) is 78.4 Å². The van der Waals surface area contributed by atoms with Gasteiger partial charge in [0.15, 0.2) is 10.1 Å². The van der Waals surface area contributed by atoms with Crippen molar-refractivity contribution in [3.63, 3.8) is 0 Å². The summed E-state index contributed by atoms with van der Waals surface area (Å²) >= 11 is 8.69. The topological polar surface area (TPSA) is 110 Å². The first-order chi connectivity index (χ1) is 21.4. The van der Waals surface area contributed by atoms with Crippen LogP contribution in [0.15, 0.2) is 82.8 Å². The Morgan fingerprint density at radius 2 is 1.84 bits per heavy atom. The molecule has 224 valence electrons. The van der Waals surface area contributed by atoms with Crippen molar-refractivity contribution in [2.24, 2.45) is 0 Å². The van der Waals surface area contributed by atoms with Crippen LogP contribution in [0.5, 0.6) is 5.75 Å². The van der Waals surface area contributed by atoms with Gasteiger partial charge in [0, 0.05) is 17.0 Å². The van der Waals surface area contributed by atoms with E-state index >= 15 is 0 Å². The predicted octanol–water partition coefficient (Wildman–Crippen LogP) is 7.25. The van der Waals surface area contributed by atoms with E-state index in [9.17, 15) is 14.7 Å². The number of hydrogen-bond acceptors (Lipinski definition) is 9. The molecule has 9 nitrogen and oxygen atoms in total. The quantitative estimate of drug-likeness (QED) is 0.0423. The van der Waals surface area contributed by atoms with Crippen LogP contribution >= 0.6 is 34.7 Å². The molecule has 6 rings (SSSR count). The monoisotopic (exact) mass is 645 g/mol. The maximum atomic E-state index is 13.7. The molecular formula is C32H28ClN5O4S2. The largest absolute Gasteiger partial charge is 0.505 e. The molecule has 0 saturated carbocycles. The summed E-state index contributed by atoms with van der Waals surface area (Å²) in [5.41, 5.74) is 3.10. The number of halogens is 1. The minimum Gasteiger partial charge on any atom is -0.505 e. The minimum absolute atomic E-state index is 0.0472. The van der Waals surface area contributed by atoms with Crippen molar-refractivity contribution in [2.75, 3.05) is 11.5 Å². The van der Waals surface area contributed by atoms with Crippen LogP contribution in [0.2, 0.25) is 5.02 Å². The highest BCUT2D eigenvalue weighted by molar-refractivity contribution is 8.00. The first-order valence-corrected chi connectivity index (χ1v) is 16.2. The summed E-state index contributed by atoms with van der Waals surface area (Å²) in [4.78, 5) is 33.3. The fraction of sp³-hybridized carbons (Fsp3) is 0.219. The molecule has 5 aromatic rings. The number of aromatic nitrogens is 4. The van der Waals surface area contributed by atoms with E-state index in [4.69, 9.17) is 16.3 Å². The number of aryl methyl sites for hydroxylation is 1. The summed E-state index contributed by atoms with van der Waals surface area (Å²) in [7, 11) is 0. The number of hydrogen-bond donors (Lipinski definition) is 1. The van der Waals surface area contributed by atoms with E-state index in [1.807, 2.05) is 42.5 Å². The molecule has 0 bridgehead atoms. The molecule has 1 amide bonds. The van der Waals surface area contributed by atoms with Gasteiger partial charge in [0.25, 0.3) is 5.78 Å². The number of ketones is 1. The maximum absolute atomic E-state index is 13.7. The molecule has 4 heterocycles. The van der Waals surface area contributed by atoms with Crippen LogP contribution in [0.3, 0.4) is 0 Å². The van der Waals surface area contributed by atoms with E-state index in [0.717, 1.165) is 18.4 Å². The van der Waals surface area contributed by atoms with Crippen molar-refractivity contribution >= 4 is 62.9 Å². The zero-order valence-electron chi connectivity index (χ0n) is 23.9. The van der Waals surface area contributed by atoms with Gasteiger partial charge in [0.1, 0.15) is 17.1 Å². The number of amides is 1. The summed E-state index contributed by atoms with van der Waals surface area (Å²) < 4.78 is 8.17. The van der Waals surface area contributed by atoms with Gasteiger partial charge in [-0.2, -0.15) is 0 Å². The van der Waals surface area contributed by atoms with Gasteiger partial charge in [-0.3, -0.25) is 18.9 Å². The highest BCUT2D eigenvalue weighted by atomic mass is 35.5. The fourth-order valence-electron chi connectivity index (χ4n) is 5.04. The molecule has 1 saturated heterocycles. The highest BCUT2D eigenvalue weighted by Gasteiger charge is 2.49. The Bertz CT molecular complexity index is 1870. The number of fused-ring (bicyclic) bond motifs is 1. The molecule has 1 unspecified atom stereocenters. The molecule has 1 N–H and O–H groups in total. The second-order valence-electron chi connectivity index (χ2n) is 10.2. The third-order valence-electron chi connectivity index (χ3n) is 7.21. The van der Waals surface area contributed by atoms with Crippen LogP contribution in [-0.4, -0.2) is 43.0 Å². The lowest BCUT2D eigenvalue weighted by atomic mass is 9.96. The van der Waals surface area contributed by atoms with Crippen molar-refractivity contribution in [1.82, 2.24) is 19.6 Å².